The SMILES string of the molecule is c1ccc(-c2ccc(N(c3ccc4sc5ccccc5c4c3)c3cc4ccccc4c4ccccc34)cc2)cc1. The molecular weight excluding hydrogens is 502 g/mol. The topological polar surface area (TPSA) is 3.24 Å². The van der Waals surface area contributed by atoms with Crippen molar-refractivity contribution in [3.8, 4) is 11.1 Å². The third kappa shape index (κ3) is 3.77. The van der Waals surface area contributed by atoms with Crippen LogP contribution in [0, 0.1) is 0 Å². The third-order valence-electron chi connectivity index (χ3n) is 7.84. The molecule has 8 rings (SSSR count). The minimum Gasteiger partial charge on any atom is -0.310 e. The zero-order valence-corrected chi connectivity index (χ0v) is 22.6. The van der Waals surface area contributed by atoms with Gasteiger partial charge in [0.15, 0.2) is 0 Å². The van der Waals surface area contributed by atoms with E-state index in [4.69, 9.17) is 0 Å². The average Bonchev–Trinajstić information content (AvgIpc) is 3.40. The first kappa shape index (κ1) is 23.0. The van der Waals surface area contributed by atoms with Crippen LogP contribution in [-0.2, 0) is 0 Å². The summed E-state index contributed by atoms with van der Waals surface area (Å²) in [5.41, 5.74) is 5.92. The Bertz CT molecular complexity index is 2160. The van der Waals surface area contributed by atoms with Gasteiger partial charge in [0.05, 0.1) is 5.69 Å². The maximum Gasteiger partial charge on any atom is 0.0546 e. The molecule has 0 saturated carbocycles. The van der Waals surface area contributed by atoms with E-state index < -0.39 is 0 Å². The summed E-state index contributed by atoms with van der Waals surface area (Å²) in [6, 6.07) is 55.0. The predicted octanol–water partition coefficient (Wildman–Crippen LogP) is 11.5. The van der Waals surface area contributed by atoms with Crippen molar-refractivity contribution in [1.82, 2.24) is 0 Å². The minimum absolute atomic E-state index is 1.14. The van der Waals surface area contributed by atoms with Gasteiger partial charge in [0.1, 0.15) is 0 Å². The molecular formula is C38H25NS. The second-order valence-electron chi connectivity index (χ2n) is 10.2. The van der Waals surface area contributed by atoms with E-state index in [1.807, 2.05) is 11.3 Å². The highest BCUT2D eigenvalue weighted by Crippen LogP contribution is 2.44. The number of benzene rings is 7. The molecule has 0 saturated heterocycles. The van der Waals surface area contributed by atoms with E-state index >= 15 is 0 Å². The van der Waals surface area contributed by atoms with Crippen molar-refractivity contribution in [1.29, 1.82) is 0 Å². The van der Waals surface area contributed by atoms with E-state index in [-0.39, 0.29) is 0 Å². The normalized spacial score (nSPS) is 11.5. The molecule has 0 aliphatic rings. The number of hydrogen-bond donors (Lipinski definition) is 0. The van der Waals surface area contributed by atoms with Gasteiger partial charge < -0.3 is 4.90 Å². The molecule has 0 amide bonds. The molecule has 2 heteroatoms. The average molecular weight is 528 g/mol. The van der Waals surface area contributed by atoms with Gasteiger partial charge in [-0.3, -0.25) is 0 Å². The molecule has 0 unspecified atom stereocenters. The molecule has 7 aromatic carbocycles. The number of hydrogen-bond acceptors (Lipinski definition) is 2. The highest BCUT2D eigenvalue weighted by atomic mass is 32.1. The fraction of sp³-hybridized carbons (Fsp3) is 0. The van der Waals surface area contributed by atoms with E-state index in [9.17, 15) is 0 Å². The molecule has 0 spiro atoms. The second-order valence-corrected chi connectivity index (χ2v) is 11.3. The molecule has 188 valence electrons. The first-order valence-corrected chi connectivity index (χ1v) is 14.4. The van der Waals surface area contributed by atoms with Gasteiger partial charge in [-0.2, -0.15) is 0 Å². The van der Waals surface area contributed by atoms with Gasteiger partial charge >= 0.3 is 0 Å². The zero-order valence-electron chi connectivity index (χ0n) is 21.8. The quantitative estimate of drug-likeness (QED) is 0.206. The lowest BCUT2D eigenvalue weighted by Gasteiger charge is -2.28. The Morgan fingerprint density at radius 2 is 0.975 bits per heavy atom. The largest absolute Gasteiger partial charge is 0.310 e. The summed E-state index contributed by atoms with van der Waals surface area (Å²) in [6.45, 7) is 0. The molecule has 0 fully saturated rings. The van der Waals surface area contributed by atoms with Crippen molar-refractivity contribution >= 4 is 70.1 Å². The van der Waals surface area contributed by atoms with E-state index in [0.717, 1.165) is 11.4 Å². The fourth-order valence-electron chi connectivity index (χ4n) is 5.93. The van der Waals surface area contributed by atoms with Crippen molar-refractivity contribution in [2.24, 2.45) is 0 Å². The molecule has 1 nitrogen and oxygen atoms in total. The highest BCUT2D eigenvalue weighted by molar-refractivity contribution is 7.25. The van der Waals surface area contributed by atoms with E-state index in [0.29, 0.717) is 0 Å². The summed E-state index contributed by atoms with van der Waals surface area (Å²) >= 11 is 1.86. The molecule has 0 radical (unpaired) electrons. The lowest BCUT2D eigenvalue weighted by atomic mass is 9.98. The van der Waals surface area contributed by atoms with Crippen LogP contribution in [0.1, 0.15) is 0 Å². The van der Waals surface area contributed by atoms with E-state index in [1.165, 1.54) is 58.5 Å². The first-order chi connectivity index (χ1) is 19.8. The van der Waals surface area contributed by atoms with Gasteiger partial charge in [0.25, 0.3) is 0 Å². The van der Waals surface area contributed by atoms with Gasteiger partial charge in [-0.05, 0) is 69.8 Å². The zero-order chi connectivity index (χ0) is 26.5. The Hall–Kier alpha value is -4.92. The Kier molecular flexibility index (Phi) is 5.39. The lowest BCUT2D eigenvalue weighted by Crippen LogP contribution is -2.10. The summed E-state index contributed by atoms with van der Waals surface area (Å²) in [6.07, 6.45) is 0. The maximum absolute atomic E-state index is 2.43. The van der Waals surface area contributed by atoms with Crippen LogP contribution >= 0.6 is 11.3 Å². The third-order valence-corrected chi connectivity index (χ3v) is 8.99. The summed E-state index contributed by atoms with van der Waals surface area (Å²) in [5, 5.41) is 7.64. The molecule has 0 bridgehead atoms. The Labute approximate surface area is 237 Å². The van der Waals surface area contributed by atoms with Crippen LogP contribution in [0.2, 0.25) is 0 Å². The van der Waals surface area contributed by atoms with Crippen LogP contribution in [0.15, 0.2) is 152 Å². The van der Waals surface area contributed by atoms with Gasteiger partial charge in [0.2, 0.25) is 0 Å². The van der Waals surface area contributed by atoms with Gasteiger partial charge in [-0.1, -0.05) is 109 Å². The Balaban J connectivity index is 1.39. The number of anilines is 3. The fourth-order valence-corrected chi connectivity index (χ4v) is 7.02. The lowest BCUT2D eigenvalue weighted by molar-refractivity contribution is 1.31. The van der Waals surface area contributed by atoms with Crippen LogP contribution in [0.4, 0.5) is 17.1 Å². The van der Waals surface area contributed by atoms with Crippen LogP contribution in [0.25, 0.3) is 52.8 Å². The molecule has 8 aromatic rings. The minimum atomic E-state index is 1.14. The summed E-state index contributed by atoms with van der Waals surface area (Å²) in [5.74, 6) is 0. The van der Waals surface area contributed by atoms with Gasteiger partial charge in [-0.25, -0.2) is 0 Å². The summed E-state index contributed by atoms with van der Waals surface area (Å²) in [7, 11) is 0. The second kappa shape index (κ2) is 9.37. The van der Waals surface area contributed by atoms with Crippen LogP contribution < -0.4 is 4.90 Å². The van der Waals surface area contributed by atoms with Crippen molar-refractivity contribution in [2.45, 2.75) is 0 Å². The van der Waals surface area contributed by atoms with Gasteiger partial charge in [-0.15, -0.1) is 11.3 Å². The van der Waals surface area contributed by atoms with Crippen LogP contribution in [0.5, 0.6) is 0 Å². The van der Waals surface area contributed by atoms with Crippen molar-refractivity contribution < 1.29 is 0 Å². The number of fused-ring (bicyclic) bond motifs is 6. The van der Waals surface area contributed by atoms with Gasteiger partial charge in [0, 0.05) is 36.9 Å². The van der Waals surface area contributed by atoms with Crippen LogP contribution in [0.3, 0.4) is 0 Å². The molecule has 0 atom stereocenters. The van der Waals surface area contributed by atoms with Crippen molar-refractivity contribution in [3.05, 3.63) is 152 Å². The molecule has 40 heavy (non-hydrogen) atoms. The number of thiophene rings is 1. The van der Waals surface area contributed by atoms with Crippen molar-refractivity contribution in [3.63, 3.8) is 0 Å². The Morgan fingerprint density at radius 3 is 1.80 bits per heavy atom. The van der Waals surface area contributed by atoms with E-state index in [1.54, 1.807) is 0 Å². The number of rotatable bonds is 4. The standard InChI is InChI=1S/C38H25NS/c1-2-10-26(11-3-1)27-18-20-29(21-19-27)39(30-22-23-38-35(25-30)34-16-8-9-17-37(34)40-38)36-24-28-12-4-5-13-31(28)32-14-6-7-15-33(32)36/h1-25H. The smallest absolute Gasteiger partial charge is 0.0546 e. The molecule has 0 aliphatic heterocycles. The number of nitrogens with zero attached hydrogens (tertiary/aromatic N) is 1. The van der Waals surface area contributed by atoms with Crippen molar-refractivity contribution in [2.75, 3.05) is 4.90 Å². The summed E-state index contributed by atoms with van der Waals surface area (Å²) in [4.78, 5) is 2.43. The highest BCUT2D eigenvalue weighted by Gasteiger charge is 2.18. The van der Waals surface area contributed by atoms with E-state index in [2.05, 4.69) is 157 Å². The Morgan fingerprint density at radius 1 is 0.375 bits per heavy atom. The summed E-state index contributed by atoms with van der Waals surface area (Å²) < 4.78 is 2.64. The van der Waals surface area contributed by atoms with Crippen LogP contribution in [-0.4, -0.2) is 0 Å². The monoisotopic (exact) mass is 527 g/mol. The predicted molar refractivity (Wildman–Crippen MR) is 174 cm³/mol. The molecule has 1 heterocycles. The first-order valence-electron chi connectivity index (χ1n) is 13.6. The molecule has 1 aromatic heterocycles. The maximum atomic E-state index is 2.43. The molecule has 0 aliphatic carbocycles. The molecule has 0 N–H and O–H groups in total.